The van der Waals surface area contributed by atoms with E-state index in [1.165, 1.54) is 23.7 Å². The zero-order valence-corrected chi connectivity index (χ0v) is 14.9. The molecule has 0 bridgehead atoms. The highest BCUT2D eigenvalue weighted by Crippen LogP contribution is 2.29. The Balaban J connectivity index is 2.20. The molecule has 0 N–H and O–H groups in total. The highest BCUT2D eigenvalue weighted by atomic mass is 32.2. The molecule has 2 aromatic heterocycles. The molecule has 0 fully saturated rings. The highest BCUT2D eigenvalue weighted by Gasteiger charge is 2.21. The molecule has 2 heterocycles. The minimum atomic E-state index is -3.48. The second kappa shape index (κ2) is 5.78. The van der Waals surface area contributed by atoms with E-state index in [4.69, 9.17) is 0 Å². The summed E-state index contributed by atoms with van der Waals surface area (Å²) in [5, 5.41) is 4.02. The maximum atomic E-state index is 14.4. The summed E-state index contributed by atoms with van der Waals surface area (Å²) >= 11 is 0.923. The molecule has 128 valence electrons. The van der Waals surface area contributed by atoms with Gasteiger partial charge in [-0.1, -0.05) is 6.92 Å². The first kappa shape index (κ1) is 16.8. The predicted octanol–water partition coefficient (Wildman–Crippen LogP) is 1.81. The standard InChI is InChI=1S/C14H15FN4O3S2/c1-4-5-24(21,22)13-16-10-7-11(9(15)6-12(10)23-13)19-14(20)18(3)8(2)17-19/h6-7H,4-5H2,1-3H3. The van der Waals surface area contributed by atoms with Gasteiger partial charge in [-0.05, 0) is 25.5 Å². The topological polar surface area (TPSA) is 86.8 Å². The van der Waals surface area contributed by atoms with Gasteiger partial charge >= 0.3 is 5.69 Å². The molecular formula is C14H15FN4O3S2. The number of aryl methyl sites for hydroxylation is 1. The Kier molecular flexibility index (Phi) is 4.04. The summed E-state index contributed by atoms with van der Waals surface area (Å²) in [6, 6.07) is 2.53. The normalized spacial score (nSPS) is 12.2. The monoisotopic (exact) mass is 370 g/mol. The van der Waals surface area contributed by atoms with Crippen LogP contribution >= 0.6 is 11.3 Å². The molecule has 0 amide bonds. The molecule has 0 atom stereocenters. The molecule has 0 unspecified atom stereocenters. The second-order valence-electron chi connectivity index (χ2n) is 5.37. The zero-order chi connectivity index (χ0) is 17.6. The fourth-order valence-corrected chi connectivity index (χ4v) is 4.94. The lowest BCUT2D eigenvalue weighted by atomic mass is 10.3. The molecule has 1 aromatic carbocycles. The molecular weight excluding hydrogens is 355 g/mol. The van der Waals surface area contributed by atoms with Crippen molar-refractivity contribution in [3.63, 3.8) is 0 Å². The average Bonchev–Trinajstić information content (AvgIpc) is 3.03. The van der Waals surface area contributed by atoms with Crippen LogP contribution in [-0.2, 0) is 16.9 Å². The van der Waals surface area contributed by atoms with E-state index >= 15 is 0 Å². The van der Waals surface area contributed by atoms with Crippen molar-refractivity contribution >= 4 is 31.4 Å². The Bertz CT molecular complexity index is 1100. The quantitative estimate of drug-likeness (QED) is 0.699. The first-order chi connectivity index (χ1) is 11.2. The first-order valence-corrected chi connectivity index (χ1v) is 9.67. The van der Waals surface area contributed by atoms with E-state index < -0.39 is 21.3 Å². The molecule has 0 saturated heterocycles. The van der Waals surface area contributed by atoms with Crippen molar-refractivity contribution in [3.05, 3.63) is 34.3 Å². The van der Waals surface area contributed by atoms with E-state index in [2.05, 4.69) is 10.1 Å². The van der Waals surface area contributed by atoms with Crippen LogP contribution in [0.2, 0.25) is 0 Å². The number of hydrogen-bond acceptors (Lipinski definition) is 6. The number of nitrogens with zero attached hydrogens (tertiary/aromatic N) is 4. The van der Waals surface area contributed by atoms with Gasteiger partial charge in [0.1, 0.15) is 11.5 Å². The highest BCUT2D eigenvalue weighted by molar-refractivity contribution is 7.93. The molecule has 3 aromatic rings. The van der Waals surface area contributed by atoms with E-state index in [-0.39, 0.29) is 15.8 Å². The minimum absolute atomic E-state index is 0.0128. The molecule has 0 aliphatic carbocycles. The van der Waals surface area contributed by atoms with Gasteiger partial charge in [-0.15, -0.1) is 11.3 Å². The van der Waals surface area contributed by atoms with Gasteiger partial charge in [0.25, 0.3) is 0 Å². The third-order valence-corrected chi connectivity index (χ3v) is 7.00. The molecule has 0 radical (unpaired) electrons. The third-order valence-electron chi connectivity index (χ3n) is 3.60. The van der Waals surface area contributed by atoms with E-state index in [0.29, 0.717) is 22.5 Å². The lowest BCUT2D eigenvalue weighted by Gasteiger charge is -2.01. The maximum Gasteiger partial charge on any atom is 0.350 e. The SMILES string of the molecule is CCCS(=O)(=O)c1nc2cc(-n3nc(C)n(C)c3=O)c(F)cc2s1. The van der Waals surface area contributed by atoms with Crippen LogP contribution in [0.4, 0.5) is 4.39 Å². The summed E-state index contributed by atoms with van der Waals surface area (Å²) < 4.78 is 41.3. The van der Waals surface area contributed by atoms with Gasteiger partial charge in [-0.2, -0.15) is 9.78 Å². The van der Waals surface area contributed by atoms with Gasteiger partial charge in [0, 0.05) is 7.05 Å². The van der Waals surface area contributed by atoms with Crippen LogP contribution < -0.4 is 5.69 Å². The Labute approximate surface area is 141 Å². The van der Waals surface area contributed by atoms with E-state index in [0.717, 1.165) is 16.0 Å². The van der Waals surface area contributed by atoms with Crippen LogP contribution in [0.15, 0.2) is 21.3 Å². The number of rotatable bonds is 4. The maximum absolute atomic E-state index is 14.4. The van der Waals surface area contributed by atoms with Gasteiger partial charge in [-0.3, -0.25) is 4.57 Å². The van der Waals surface area contributed by atoms with Gasteiger partial charge in [-0.25, -0.2) is 22.6 Å². The Morgan fingerprint density at radius 1 is 1.33 bits per heavy atom. The lowest BCUT2D eigenvalue weighted by Crippen LogP contribution is -2.22. The molecule has 0 aliphatic rings. The van der Waals surface area contributed by atoms with Gasteiger partial charge in [0.05, 0.1) is 16.0 Å². The summed E-state index contributed by atoms with van der Waals surface area (Å²) in [5.74, 6) is -0.240. The number of halogens is 1. The van der Waals surface area contributed by atoms with Crippen LogP contribution in [0.25, 0.3) is 15.9 Å². The molecule has 24 heavy (non-hydrogen) atoms. The van der Waals surface area contributed by atoms with Crippen molar-refractivity contribution in [2.45, 2.75) is 24.6 Å². The summed E-state index contributed by atoms with van der Waals surface area (Å²) in [5.41, 5.74) is -0.220. The second-order valence-corrected chi connectivity index (χ2v) is 8.68. The van der Waals surface area contributed by atoms with E-state index in [1.807, 2.05) is 0 Å². The van der Waals surface area contributed by atoms with Crippen LogP contribution in [0.5, 0.6) is 0 Å². The van der Waals surface area contributed by atoms with E-state index in [9.17, 15) is 17.6 Å². The van der Waals surface area contributed by atoms with Crippen molar-refractivity contribution in [3.8, 4) is 5.69 Å². The van der Waals surface area contributed by atoms with Crippen LogP contribution in [0, 0.1) is 12.7 Å². The molecule has 10 heteroatoms. The largest absolute Gasteiger partial charge is 0.350 e. The Morgan fingerprint density at radius 3 is 2.62 bits per heavy atom. The molecule has 0 aliphatic heterocycles. The average molecular weight is 370 g/mol. The van der Waals surface area contributed by atoms with Crippen molar-refractivity contribution in [1.29, 1.82) is 0 Å². The van der Waals surface area contributed by atoms with Gasteiger partial charge in [0.2, 0.25) is 14.2 Å². The zero-order valence-electron chi connectivity index (χ0n) is 13.3. The number of hydrogen-bond donors (Lipinski definition) is 0. The van der Waals surface area contributed by atoms with Crippen molar-refractivity contribution in [2.24, 2.45) is 7.05 Å². The number of aromatic nitrogens is 4. The predicted molar refractivity (Wildman–Crippen MR) is 89.0 cm³/mol. The molecule has 7 nitrogen and oxygen atoms in total. The lowest BCUT2D eigenvalue weighted by molar-refractivity contribution is 0.594. The van der Waals surface area contributed by atoms with Crippen molar-refractivity contribution in [1.82, 2.24) is 19.3 Å². The first-order valence-electron chi connectivity index (χ1n) is 7.20. The number of sulfone groups is 1. The fraction of sp³-hybridized carbons (Fsp3) is 0.357. The third kappa shape index (κ3) is 2.65. The summed E-state index contributed by atoms with van der Waals surface area (Å²) in [7, 11) is -1.94. The molecule has 0 spiro atoms. The van der Waals surface area contributed by atoms with Crippen LogP contribution in [0.3, 0.4) is 0 Å². The van der Waals surface area contributed by atoms with E-state index in [1.54, 1.807) is 13.8 Å². The number of benzene rings is 1. The van der Waals surface area contributed by atoms with Crippen LogP contribution in [-0.4, -0.2) is 33.5 Å². The van der Waals surface area contributed by atoms with Crippen LogP contribution in [0.1, 0.15) is 19.2 Å². The Morgan fingerprint density at radius 2 is 2.04 bits per heavy atom. The fourth-order valence-electron chi connectivity index (χ4n) is 2.26. The van der Waals surface area contributed by atoms with Gasteiger partial charge in [0.15, 0.2) is 5.82 Å². The van der Waals surface area contributed by atoms with Gasteiger partial charge < -0.3 is 0 Å². The number of fused-ring (bicyclic) bond motifs is 1. The smallest absolute Gasteiger partial charge is 0.282 e. The molecule has 3 rings (SSSR count). The number of thiazole rings is 1. The summed E-state index contributed by atoms with van der Waals surface area (Å²) in [4.78, 5) is 16.2. The van der Waals surface area contributed by atoms with Crippen molar-refractivity contribution in [2.75, 3.05) is 5.75 Å². The summed E-state index contributed by atoms with van der Waals surface area (Å²) in [6.45, 7) is 3.39. The summed E-state index contributed by atoms with van der Waals surface area (Å²) in [6.07, 6.45) is 0.473. The Hall–Kier alpha value is -2.07. The minimum Gasteiger partial charge on any atom is -0.282 e. The van der Waals surface area contributed by atoms with Crippen molar-refractivity contribution < 1.29 is 12.8 Å². The molecule has 0 saturated carbocycles.